The summed E-state index contributed by atoms with van der Waals surface area (Å²) in [4.78, 5) is 17.6. The van der Waals surface area contributed by atoms with E-state index in [0.29, 0.717) is 25.2 Å². The van der Waals surface area contributed by atoms with Crippen molar-refractivity contribution >= 4 is 11.4 Å². The Labute approximate surface area is 291 Å². The topological polar surface area (TPSA) is 124 Å². The van der Waals surface area contributed by atoms with E-state index >= 15 is 0 Å². The van der Waals surface area contributed by atoms with Gasteiger partial charge in [0.1, 0.15) is 24.8 Å². The van der Waals surface area contributed by atoms with Gasteiger partial charge in [-0.05, 0) is 85.6 Å². The van der Waals surface area contributed by atoms with Gasteiger partial charge in [0.05, 0.1) is 36.2 Å². The van der Waals surface area contributed by atoms with Crippen LogP contribution in [0.5, 0.6) is 5.75 Å². The third kappa shape index (κ3) is 6.96. The lowest BCUT2D eigenvalue weighted by Gasteiger charge is -2.37. The molecule has 7 rings (SSSR count). The summed E-state index contributed by atoms with van der Waals surface area (Å²) in [6.45, 7) is 8.30. The molecule has 50 heavy (non-hydrogen) atoms. The van der Waals surface area contributed by atoms with Gasteiger partial charge in [0.25, 0.3) is 0 Å². The SMILES string of the molecule is CCC(C)n1ncn(-c2ccc(N3CCN(c4ccc(OC[C@@H]5CO[C@](Cc6ccnnc6)(c6ccc(C#N)cc6)O5)cc4)CC3)cc2)c1=O. The Hall–Kier alpha value is -5.51. The van der Waals surface area contributed by atoms with Gasteiger partial charge in [0.15, 0.2) is 5.79 Å². The van der Waals surface area contributed by atoms with Crippen molar-refractivity contribution in [3.05, 3.63) is 125 Å². The molecule has 2 saturated heterocycles. The fourth-order valence-electron chi connectivity index (χ4n) is 6.44. The van der Waals surface area contributed by atoms with E-state index in [0.717, 1.165) is 66.5 Å². The van der Waals surface area contributed by atoms with Crippen LogP contribution in [-0.2, 0) is 21.7 Å². The molecule has 0 radical (unpaired) electrons. The van der Waals surface area contributed by atoms with E-state index in [4.69, 9.17) is 14.2 Å². The van der Waals surface area contributed by atoms with Crippen molar-refractivity contribution < 1.29 is 14.2 Å². The number of anilines is 2. The Kier molecular flexibility index (Phi) is 9.60. The third-order valence-electron chi connectivity index (χ3n) is 9.51. The summed E-state index contributed by atoms with van der Waals surface area (Å²) in [5, 5.41) is 21.5. The van der Waals surface area contributed by atoms with Gasteiger partial charge in [-0.25, -0.2) is 14.0 Å². The van der Waals surface area contributed by atoms with Gasteiger partial charge in [0, 0.05) is 55.7 Å². The first-order valence-electron chi connectivity index (χ1n) is 17.0. The van der Waals surface area contributed by atoms with Crippen molar-refractivity contribution in [1.82, 2.24) is 24.5 Å². The fourth-order valence-corrected chi connectivity index (χ4v) is 6.44. The highest BCUT2D eigenvalue weighted by atomic mass is 16.8. The van der Waals surface area contributed by atoms with Gasteiger partial charge >= 0.3 is 5.69 Å². The molecule has 0 N–H and O–H groups in total. The quantitative estimate of drug-likeness (QED) is 0.192. The first kappa shape index (κ1) is 33.0. The second kappa shape index (κ2) is 14.5. The Bertz CT molecular complexity index is 1970. The molecule has 4 heterocycles. The molecule has 0 aliphatic carbocycles. The maximum absolute atomic E-state index is 12.8. The zero-order valence-electron chi connectivity index (χ0n) is 28.3. The minimum Gasteiger partial charge on any atom is -0.491 e. The molecular weight excluding hydrogens is 632 g/mol. The lowest BCUT2D eigenvalue weighted by molar-refractivity contribution is -0.178. The Morgan fingerprint density at radius 2 is 1.58 bits per heavy atom. The summed E-state index contributed by atoms with van der Waals surface area (Å²) in [7, 11) is 0. The predicted octanol–water partition coefficient (Wildman–Crippen LogP) is 4.88. The molecule has 2 aliphatic rings. The molecule has 5 aromatic rings. The molecule has 0 spiro atoms. The number of piperazine rings is 1. The van der Waals surface area contributed by atoms with E-state index in [2.05, 4.69) is 55.4 Å². The second-order valence-electron chi connectivity index (χ2n) is 12.7. The average Bonchev–Trinajstić information content (AvgIpc) is 3.78. The first-order chi connectivity index (χ1) is 24.4. The van der Waals surface area contributed by atoms with Crippen LogP contribution < -0.4 is 20.2 Å². The van der Waals surface area contributed by atoms with Crippen LogP contribution >= 0.6 is 0 Å². The first-order valence-corrected chi connectivity index (χ1v) is 17.0. The van der Waals surface area contributed by atoms with E-state index in [-0.39, 0.29) is 17.8 Å². The van der Waals surface area contributed by atoms with Crippen LogP contribution in [0, 0.1) is 11.3 Å². The van der Waals surface area contributed by atoms with Gasteiger partial charge < -0.3 is 24.0 Å². The normalized spacial score (nSPS) is 19.7. The molecule has 12 nitrogen and oxygen atoms in total. The highest BCUT2D eigenvalue weighted by Crippen LogP contribution is 2.38. The van der Waals surface area contributed by atoms with Crippen molar-refractivity contribution in [2.75, 3.05) is 49.2 Å². The molecule has 0 bridgehead atoms. The number of rotatable bonds is 11. The summed E-state index contributed by atoms with van der Waals surface area (Å²) in [6.07, 6.45) is 5.97. The van der Waals surface area contributed by atoms with Crippen LogP contribution in [0.4, 0.5) is 11.4 Å². The van der Waals surface area contributed by atoms with Crippen LogP contribution in [0.2, 0.25) is 0 Å². The molecule has 3 aromatic carbocycles. The molecule has 0 saturated carbocycles. The summed E-state index contributed by atoms with van der Waals surface area (Å²) in [6, 6.07) is 27.7. The number of benzene rings is 3. The van der Waals surface area contributed by atoms with E-state index in [1.54, 1.807) is 40.1 Å². The standard InChI is InChI=1S/C38H40N8O4/c1-3-28(2)46-37(47)45(27-42-46)34-10-8-32(9-11-34)43-18-20-44(21-19-43)33-12-14-35(15-13-33)48-25-36-26-49-38(50-36,22-30-16-17-40-41-24-30)31-6-4-29(23-39)5-7-31/h4-17,24,27-28,36H,3,18-22,25-26H2,1-2H3/t28?,36-,38+/m1/s1. The molecule has 12 heteroatoms. The Morgan fingerprint density at radius 1 is 0.920 bits per heavy atom. The largest absolute Gasteiger partial charge is 0.491 e. The summed E-state index contributed by atoms with van der Waals surface area (Å²) < 4.78 is 22.2. The van der Waals surface area contributed by atoms with Crippen molar-refractivity contribution in [3.63, 3.8) is 0 Å². The van der Waals surface area contributed by atoms with Crippen LogP contribution in [0.25, 0.3) is 5.69 Å². The summed E-state index contributed by atoms with van der Waals surface area (Å²) in [5.41, 5.74) is 5.32. The van der Waals surface area contributed by atoms with E-state index in [9.17, 15) is 10.1 Å². The number of nitriles is 1. The Morgan fingerprint density at radius 3 is 2.20 bits per heavy atom. The summed E-state index contributed by atoms with van der Waals surface area (Å²) in [5.74, 6) is -0.255. The zero-order valence-corrected chi connectivity index (χ0v) is 28.3. The predicted molar refractivity (Wildman–Crippen MR) is 189 cm³/mol. The van der Waals surface area contributed by atoms with E-state index < -0.39 is 5.79 Å². The number of hydrogen-bond acceptors (Lipinski definition) is 10. The molecular formula is C38H40N8O4. The van der Waals surface area contributed by atoms with Crippen molar-refractivity contribution in [3.8, 4) is 17.5 Å². The number of hydrogen-bond donors (Lipinski definition) is 0. The van der Waals surface area contributed by atoms with Crippen LogP contribution in [0.1, 0.15) is 43.0 Å². The monoisotopic (exact) mass is 672 g/mol. The molecule has 2 aliphatic heterocycles. The average molecular weight is 673 g/mol. The molecule has 3 atom stereocenters. The van der Waals surface area contributed by atoms with Gasteiger partial charge in [-0.2, -0.15) is 20.6 Å². The lowest BCUT2D eigenvalue weighted by atomic mass is 9.97. The highest BCUT2D eigenvalue weighted by molar-refractivity contribution is 5.54. The summed E-state index contributed by atoms with van der Waals surface area (Å²) >= 11 is 0. The second-order valence-corrected chi connectivity index (χ2v) is 12.7. The smallest absolute Gasteiger partial charge is 0.350 e. The maximum atomic E-state index is 12.8. The van der Waals surface area contributed by atoms with Gasteiger partial charge in [-0.3, -0.25) is 0 Å². The molecule has 256 valence electrons. The van der Waals surface area contributed by atoms with Gasteiger partial charge in [0.2, 0.25) is 0 Å². The maximum Gasteiger partial charge on any atom is 0.350 e. The van der Waals surface area contributed by atoms with E-state index in [1.165, 1.54) is 0 Å². The minimum absolute atomic E-state index is 0.0646. The molecule has 2 aromatic heterocycles. The molecule has 1 unspecified atom stereocenters. The van der Waals surface area contributed by atoms with Crippen molar-refractivity contribution in [1.29, 1.82) is 5.26 Å². The lowest BCUT2D eigenvalue weighted by Crippen LogP contribution is -2.46. The van der Waals surface area contributed by atoms with Crippen LogP contribution in [0.15, 0.2) is 102 Å². The number of nitrogens with zero attached hydrogens (tertiary/aromatic N) is 8. The van der Waals surface area contributed by atoms with Crippen LogP contribution in [0.3, 0.4) is 0 Å². The Balaban J connectivity index is 0.924. The van der Waals surface area contributed by atoms with Crippen LogP contribution in [-0.4, -0.2) is 70.0 Å². The third-order valence-corrected chi connectivity index (χ3v) is 9.51. The van der Waals surface area contributed by atoms with Crippen molar-refractivity contribution in [2.45, 2.75) is 44.6 Å². The minimum atomic E-state index is -1.02. The van der Waals surface area contributed by atoms with Gasteiger partial charge in [-0.1, -0.05) is 19.1 Å². The van der Waals surface area contributed by atoms with Gasteiger partial charge in [-0.15, -0.1) is 0 Å². The number of aromatic nitrogens is 5. The number of ether oxygens (including phenoxy) is 3. The molecule has 0 amide bonds. The van der Waals surface area contributed by atoms with E-state index in [1.807, 2.05) is 56.3 Å². The fraction of sp³-hybridized carbons (Fsp3) is 0.342. The zero-order chi connectivity index (χ0) is 34.5. The van der Waals surface area contributed by atoms with Crippen molar-refractivity contribution in [2.24, 2.45) is 0 Å². The molecule has 2 fully saturated rings. The highest BCUT2D eigenvalue weighted by Gasteiger charge is 2.43.